The third-order valence-corrected chi connectivity index (χ3v) is 3.78. The molecule has 0 saturated heterocycles. The quantitative estimate of drug-likeness (QED) is 0.811. The number of carboxylic acid groups (broad SMARTS) is 1. The van der Waals surface area contributed by atoms with Gasteiger partial charge in [0.1, 0.15) is 23.7 Å². The molecule has 0 aliphatic rings. The van der Waals surface area contributed by atoms with Crippen molar-refractivity contribution >= 4 is 37.8 Å². The first-order chi connectivity index (χ1) is 9.52. The molecular formula is C13H10Br2O5. The molecule has 1 N–H and O–H groups in total. The Morgan fingerprint density at radius 2 is 1.95 bits per heavy atom. The van der Waals surface area contributed by atoms with E-state index in [9.17, 15) is 4.79 Å². The van der Waals surface area contributed by atoms with Gasteiger partial charge < -0.3 is 19.0 Å². The van der Waals surface area contributed by atoms with Gasteiger partial charge in [-0.3, -0.25) is 0 Å². The number of hydrogen-bond acceptors (Lipinski definition) is 4. The Morgan fingerprint density at radius 1 is 1.30 bits per heavy atom. The van der Waals surface area contributed by atoms with Crippen LogP contribution in [-0.4, -0.2) is 18.2 Å². The molecular weight excluding hydrogens is 396 g/mol. The van der Waals surface area contributed by atoms with Crippen molar-refractivity contribution in [3.63, 3.8) is 0 Å². The molecule has 0 aliphatic heterocycles. The standard InChI is InChI=1S/C13H10Br2O5/c1-18-10-4-9(15)11(5-8(10)14)20-6-12-7(13(16)17)2-3-19-12/h2-5H,6H2,1H3,(H,16,17). The van der Waals surface area contributed by atoms with Crippen molar-refractivity contribution < 1.29 is 23.8 Å². The summed E-state index contributed by atoms with van der Waals surface area (Å²) in [5.41, 5.74) is 0.0914. The van der Waals surface area contributed by atoms with Gasteiger partial charge >= 0.3 is 5.97 Å². The summed E-state index contributed by atoms with van der Waals surface area (Å²) in [5, 5.41) is 8.97. The topological polar surface area (TPSA) is 68.9 Å². The minimum atomic E-state index is -1.05. The highest BCUT2D eigenvalue weighted by molar-refractivity contribution is 9.11. The number of hydrogen-bond donors (Lipinski definition) is 1. The Labute approximate surface area is 131 Å². The lowest BCUT2D eigenvalue weighted by molar-refractivity contribution is 0.0692. The van der Waals surface area contributed by atoms with Crippen LogP contribution < -0.4 is 9.47 Å². The maximum Gasteiger partial charge on any atom is 0.339 e. The third kappa shape index (κ3) is 3.16. The van der Waals surface area contributed by atoms with E-state index in [1.165, 1.54) is 12.3 Å². The van der Waals surface area contributed by atoms with E-state index in [1.54, 1.807) is 19.2 Å². The molecule has 0 bridgehead atoms. The molecule has 0 amide bonds. The van der Waals surface area contributed by atoms with Crippen molar-refractivity contribution in [2.45, 2.75) is 6.61 Å². The van der Waals surface area contributed by atoms with Gasteiger partial charge in [0.2, 0.25) is 0 Å². The van der Waals surface area contributed by atoms with Gasteiger partial charge in [-0.15, -0.1) is 0 Å². The zero-order chi connectivity index (χ0) is 14.7. The van der Waals surface area contributed by atoms with Gasteiger partial charge in [0.15, 0.2) is 5.76 Å². The van der Waals surface area contributed by atoms with Crippen LogP contribution in [0, 0.1) is 0 Å². The molecule has 1 heterocycles. The van der Waals surface area contributed by atoms with Gasteiger partial charge in [-0.25, -0.2) is 4.79 Å². The first-order valence-corrected chi connectivity index (χ1v) is 7.07. The normalized spacial score (nSPS) is 10.3. The van der Waals surface area contributed by atoms with Gasteiger partial charge in [-0.1, -0.05) is 0 Å². The molecule has 0 saturated carbocycles. The first-order valence-electron chi connectivity index (χ1n) is 5.48. The minimum absolute atomic E-state index is 0.0198. The van der Waals surface area contributed by atoms with Gasteiger partial charge in [0.05, 0.1) is 22.3 Å². The van der Waals surface area contributed by atoms with Gasteiger partial charge in [-0.2, -0.15) is 0 Å². The van der Waals surface area contributed by atoms with Crippen molar-refractivity contribution in [3.8, 4) is 11.5 Å². The molecule has 7 heteroatoms. The molecule has 1 aromatic heterocycles. The Morgan fingerprint density at radius 3 is 2.60 bits per heavy atom. The molecule has 106 valence electrons. The number of furan rings is 1. The number of carboxylic acids is 1. The van der Waals surface area contributed by atoms with E-state index < -0.39 is 5.97 Å². The zero-order valence-corrected chi connectivity index (χ0v) is 13.5. The van der Waals surface area contributed by atoms with Crippen LogP contribution in [0.5, 0.6) is 11.5 Å². The van der Waals surface area contributed by atoms with Crippen LogP contribution in [-0.2, 0) is 6.61 Å². The minimum Gasteiger partial charge on any atom is -0.496 e. The fraction of sp³-hybridized carbons (Fsp3) is 0.154. The lowest BCUT2D eigenvalue weighted by Gasteiger charge is -2.10. The molecule has 0 atom stereocenters. The average Bonchev–Trinajstić information content (AvgIpc) is 2.87. The smallest absolute Gasteiger partial charge is 0.339 e. The second-order valence-electron chi connectivity index (χ2n) is 3.77. The van der Waals surface area contributed by atoms with E-state index in [0.29, 0.717) is 16.0 Å². The summed E-state index contributed by atoms with van der Waals surface area (Å²) < 4.78 is 17.2. The van der Waals surface area contributed by atoms with Gasteiger partial charge in [-0.05, 0) is 50.1 Å². The summed E-state index contributed by atoms with van der Waals surface area (Å²) in [6.07, 6.45) is 1.32. The molecule has 1 aromatic carbocycles. The van der Waals surface area contributed by atoms with Gasteiger partial charge in [0.25, 0.3) is 0 Å². The van der Waals surface area contributed by atoms with Gasteiger partial charge in [0, 0.05) is 0 Å². The summed E-state index contributed by atoms with van der Waals surface area (Å²) in [6.45, 7) is 0.0198. The Hall–Kier alpha value is -1.47. The summed E-state index contributed by atoms with van der Waals surface area (Å²) in [4.78, 5) is 10.9. The summed E-state index contributed by atoms with van der Waals surface area (Å²) in [7, 11) is 1.56. The third-order valence-electron chi connectivity index (χ3n) is 2.54. The van der Waals surface area contributed by atoms with Crippen LogP contribution in [0.1, 0.15) is 16.1 Å². The molecule has 0 unspecified atom stereocenters. The number of aromatic carboxylic acids is 1. The molecule has 0 radical (unpaired) electrons. The SMILES string of the molecule is COc1cc(Br)c(OCc2occc2C(=O)O)cc1Br. The van der Waals surface area contributed by atoms with Crippen molar-refractivity contribution in [1.82, 2.24) is 0 Å². The van der Waals surface area contributed by atoms with Crippen LogP contribution in [0.15, 0.2) is 37.8 Å². The maximum absolute atomic E-state index is 10.9. The van der Waals surface area contributed by atoms with Crippen molar-refractivity contribution in [2.75, 3.05) is 7.11 Å². The van der Waals surface area contributed by atoms with E-state index in [1.807, 2.05) is 0 Å². The van der Waals surface area contributed by atoms with E-state index in [0.717, 1.165) is 4.47 Å². The van der Waals surface area contributed by atoms with Crippen LogP contribution in [0.25, 0.3) is 0 Å². The Bertz CT molecular complexity index is 636. The Kier molecular flexibility index (Phi) is 4.72. The van der Waals surface area contributed by atoms with E-state index in [4.69, 9.17) is 19.0 Å². The van der Waals surface area contributed by atoms with Crippen LogP contribution in [0.2, 0.25) is 0 Å². The highest BCUT2D eigenvalue weighted by Crippen LogP contribution is 2.36. The fourth-order valence-electron chi connectivity index (χ4n) is 1.56. The highest BCUT2D eigenvalue weighted by atomic mass is 79.9. The number of carbonyl (C=O) groups is 1. The predicted octanol–water partition coefficient (Wildman–Crippen LogP) is 4.09. The number of methoxy groups -OCH3 is 1. The summed E-state index contributed by atoms with van der Waals surface area (Å²) >= 11 is 6.72. The number of rotatable bonds is 5. The van der Waals surface area contributed by atoms with E-state index in [2.05, 4.69) is 31.9 Å². The monoisotopic (exact) mass is 404 g/mol. The number of ether oxygens (including phenoxy) is 2. The molecule has 2 aromatic rings. The maximum atomic E-state index is 10.9. The lowest BCUT2D eigenvalue weighted by Crippen LogP contribution is -2.03. The molecule has 0 spiro atoms. The zero-order valence-electron chi connectivity index (χ0n) is 10.4. The molecule has 2 rings (SSSR count). The van der Waals surface area contributed by atoms with E-state index in [-0.39, 0.29) is 17.9 Å². The highest BCUT2D eigenvalue weighted by Gasteiger charge is 2.15. The van der Waals surface area contributed by atoms with Crippen LogP contribution >= 0.6 is 31.9 Å². The number of halogens is 2. The Balaban J connectivity index is 2.17. The first kappa shape index (κ1) is 14.9. The lowest BCUT2D eigenvalue weighted by atomic mass is 10.2. The molecule has 20 heavy (non-hydrogen) atoms. The van der Waals surface area contributed by atoms with Crippen LogP contribution in [0.4, 0.5) is 0 Å². The van der Waals surface area contributed by atoms with Crippen molar-refractivity contribution in [1.29, 1.82) is 0 Å². The number of benzene rings is 1. The fourth-order valence-corrected chi connectivity index (χ4v) is 2.48. The average molecular weight is 406 g/mol. The second kappa shape index (κ2) is 6.32. The van der Waals surface area contributed by atoms with Crippen molar-refractivity contribution in [2.24, 2.45) is 0 Å². The molecule has 5 nitrogen and oxygen atoms in total. The summed E-state index contributed by atoms with van der Waals surface area (Å²) in [5.74, 6) is 0.419. The van der Waals surface area contributed by atoms with Crippen molar-refractivity contribution in [3.05, 3.63) is 44.7 Å². The molecule has 0 aliphatic carbocycles. The summed E-state index contributed by atoms with van der Waals surface area (Å²) in [6, 6.07) is 4.87. The largest absolute Gasteiger partial charge is 0.496 e. The van der Waals surface area contributed by atoms with E-state index >= 15 is 0 Å². The second-order valence-corrected chi connectivity index (χ2v) is 5.48. The molecule has 0 fully saturated rings. The van der Waals surface area contributed by atoms with Crippen LogP contribution in [0.3, 0.4) is 0 Å². The predicted molar refractivity (Wildman–Crippen MR) is 78.4 cm³/mol.